The Kier molecular flexibility index (Phi) is 4.74. The van der Waals surface area contributed by atoms with E-state index < -0.39 is 0 Å². The van der Waals surface area contributed by atoms with Crippen LogP contribution in [0.25, 0.3) is 22.9 Å². The number of benzene rings is 1. The molecule has 0 amide bonds. The summed E-state index contributed by atoms with van der Waals surface area (Å²) in [6.07, 6.45) is 11.9. The van der Waals surface area contributed by atoms with Crippen LogP contribution in [-0.4, -0.2) is 34.2 Å². The third-order valence-corrected chi connectivity index (χ3v) is 4.46. The van der Waals surface area contributed by atoms with Crippen LogP contribution in [0, 0.1) is 0 Å². The molecule has 25 heavy (non-hydrogen) atoms. The molecule has 3 heterocycles. The molecule has 2 aromatic heterocycles. The molecule has 0 unspecified atom stereocenters. The van der Waals surface area contributed by atoms with Crippen LogP contribution in [0.5, 0.6) is 0 Å². The molecular weight excluding hydrogens is 310 g/mol. The number of nitrogens with one attached hydrogen (secondary N) is 2. The molecule has 0 saturated heterocycles. The number of hydrogen-bond donors (Lipinski definition) is 2. The van der Waals surface area contributed by atoms with E-state index in [-0.39, 0.29) is 0 Å². The summed E-state index contributed by atoms with van der Waals surface area (Å²) in [6.45, 7) is 2.86. The number of anilines is 1. The molecule has 5 nitrogen and oxygen atoms in total. The molecule has 1 aliphatic rings. The summed E-state index contributed by atoms with van der Waals surface area (Å²) in [5, 5.41) is 11.3. The zero-order chi connectivity index (χ0) is 16.9. The second-order valence-electron chi connectivity index (χ2n) is 6.34. The maximum atomic E-state index is 4.76. The number of rotatable bonds is 0. The van der Waals surface area contributed by atoms with Crippen molar-refractivity contribution in [2.75, 3.05) is 25.0 Å². The third kappa shape index (κ3) is 3.72. The fourth-order valence-electron chi connectivity index (χ4n) is 3.12. The summed E-state index contributed by atoms with van der Waals surface area (Å²) in [7, 11) is 0. The topological polar surface area (TPSA) is 54.2 Å². The van der Waals surface area contributed by atoms with Crippen molar-refractivity contribution >= 4 is 17.5 Å². The van der Waals surface area contributed by atoms with Crippen LogP contribution in [0.2, 0.25) is 0 Å². The van der Waals surface area contributed by atoms with E-state index >= 15 is 0 Å². The minimum absolute atomic E-state index is 0.863. The van der Waals surface area contributed by atoms with Crippen molar-refractivity contribution in [1.82, 2.24) is 19.9 Å². The van der Waals surface area contributed by atoms with Gasteiger partial charge in [-0.05, 0) is 49.1 Å². The van der Waals surface area contributed by atoms with Crippen LogP contribution >= 0.6 is 0 Å². The van der Waals surface area contributed by atoms with Crippen molar-refractivity contribution in [2.24, 2.45) is 0 Å². The van der Waals surface area contributed by atoms with Gasteiger partial charge in [0.15, 0.2) is 5.65 Å². The lowest BCUT2D eigenvalue weighted by molar-refractivity contribution is 0.637. The monoisotopic (exact) mass is 333 g/mol. The highest BCUT2D eigenvalue weighted by molar-refractivity contribution is 5.79. The standard InChI is InChI=1S/C20H23N5/c1-2-4-10-21-11-12-22-19-9-13-25-20(24-19)18(15-23-25)17-8-5-7-16(14-17)6-3-1/h3,5-9,13-15,21H,1-2,4,10-12H2,(H,22,24)/b6-3+. The molecule has 0 atom stereocenters. The molecule has 0 spiro atoms. The normalized spacial score (nSPS) is 17.1. The average Bonchev–Trinajstić information content (AvgIpc) is 3.06. The summed E-state index contributed by atoms with van der Waals surface area (Å²) < 4.78 is 1.83. The Morgan fingerprint density at radius 1 is 1.04 bits per heavy atom. The Morgan fingerprint density at radius 3 is 3.04 bits per heavy atom. The Hall–Kier alpha value is -2.66. The lowest BCUT2D eigenvalue weighted by atomic mass is 10.0. The highest BCUT2D eigenvalue weighted by Crippen LogP contribution is 2.25. The first-order valence-electron chi connectivity index (χ1n) is 8.96. The van der Waals surface area contributed by atoms with Gasteiger partial charge in [-0.3, -0.25) is 0 Å². The van der Waals surface area contributed by atoms with Gasteiger partial charge in [0.25, 0.3) is 0 Å². The van der Waals surface area contributed by atoms with E-state index in [0.717, 1.165) is 48.6 Å². The first-order chi connectivity index (χ1) is 12.4. The molecule has 2 N–H and O–H groups in total. The van der Waals surface area contributed by atoms with E-state index in [1.807, 2.05) is 23.0 Å². The number of hydrogen-bond acceptors (Lipinski definition) is 4. The van der Waals surface area contributed by atoms with Gasteiger partial charge < -0.3 is 10.6 Å². The van der Waals surface area contributed by atoms with Crippen LogP contribution in [0.15, 0.2) is 48.8 Å². The predicted octanol–water partition coefficient (Wildman–Crippen LogP) is 3.59. The van der Waals surface area contributed by atoms with Gasteiger partial charge >= 0.3 is 0 Å². The minimum atomic E-state index is 0.863. The van der Waals surface area contributed by atoms with E-state index in [0.29, 0.717) is 0 Å². The number of nitrogens with zero attached hydrogens (tertiary/aromatic N) is 3. The summed E-state index contributed by atoms with van der Waals surface area (Å²) in [4.78, 5) is 4.76. The van der Waals surface area contributed by atoms with Gasteiger partial charge in [-0.2, -0.15) is 5.10 Å². The molecule has 0 saturated carbocycles. The lowest BCUT2D eigenvalue weighted by Crippen LogP contribution is -2.23. The van der Waals surface area contributed by atoms with Crippen molar-refractivity contribution in [2.45, 2.75) is 19.3 Å². The molecule has 1 aliphatic heterocycles. The second-order valence-corrected chi connectivity index (χ2v) is 6.34. The number of fused-ring (bicyclic) bond motifs is 4. The molecule has 4 rings (SSSR count). The Balaban J connectivity index is 1.73. The Morgan fingerprint density at radius 2 is 2.04 bits per heavy atom. The van der Waals surface area contributed by atoms with Gasteiger partial charge in [-0.1, -0.05) is 30.4 Å². The maximum Gasteiger partial charge on any atom is 0.165 e. The second kappa shape index (κ2) is 7.49. The van der Waals surface area contributed by atoms with Gasteiger partial charge in [0, 0.05) is 24.8 Å². The van der Waals surface area contributed by atoms with E-state index in [1.54, 1.807) is 0 Å². The molecule has 0 radical (unpaired) electrons. The third-order valence-electron chi connectivity index (χ3n) is 4.46. The van der Waals surface area contributed by atoms with Gasteiger partial charge in [0.05, 0.1) is 6.20 Å². The van der Waals surface area contributed by atoms with Crippen molar-refractivity contribution in [3.8, 4) is 11.1 Å². The van der Waals surface area contributed by atoms with Gasteiger partial charge in [-0.25, -0.2) is 9.50 Å². The molecular formula is C20H23N5. The average molecular weight is 333 g/mol. The highest BCUT2D eigenvalue weighted by Gasteiger charge is 2.09. The van der Waals surface area contributed by atoms with E-state index in [2.05, 4.69) is 52.1 Å². The first-order valence-corrected chi connectivity index (χ1v) is 8.96. The van der Waals surface area contributed by atoms with Crippen molar-refractivity contribution in [3.05, 3.63) is 54.4 Å². The lowest BCUT2D eigenvalue weighted by Gasteiger charge is -2.07. The quantitative estimate of drug-likeness (QED) is 0.660. The van der Waals surface area contributed by atoms with Crippen molar-refractivity contribution in [3.63, 3.8) is 0 Å². The Labute approximate surface area is 147 Å². The summed E-state index contributed by atoms with van der Waals surface area (Å²) in [5.41, 5.74) is 4.30. The highest BCUT2D eigenvalue weighted by atomic mass is 15.2. The van der Waals surface area contributed by atoms with Crippen LogP contribution in [0.1, 0.15) is 24.8 Å². The number of allylic oxidation sites excluding steroid dienone is 1. The molecule has 0 aliphatic carbocycles. The predicted molar refractivity (Wildman–Crippen MR) is 103 cm³/mol. The van der Waals surface area contributed by atoms with Crippen LogP contribution in [0.3, 0.4) is 0 Å². The maximum absolute atomic E-state index is 4.76. The van der Waals surface area contributed by atoms with E-state index in [9.17, 15) is 0 Å². The zero-order valence-electron chi connectivity index (χ0n) is 14.3. The van der Waals surface area contributed by atoms with Crippen LogP contribution in [0.4, 0.5) is 5.82 Å². The van der Waals surface area contributed by atoms with Gasteiger partial charge in [0.1, 0.15) is 5.82 Å². The van der Waals surface area contributed by atoms with Crippen molar-refractivity contribution < 1.29 is 0 Å². The molecule has 5 heteroatoms. The number of aromatic nitrogens is 3. The van der Waals surface area contributed by atoms with Crippen molar-refractivity contribution in [1.29, 1.82) is 0 Å². The molecule has 1 aromatic carbocycles. The molecule has 4 bridgehead atoms. The smallest absolute Gasteiger partial charge is 0.165 e. The zero-order valence-corrected chi connectivity index (χ0v) is 14.3. The molecule has 0 fully saturated rings. The largest absolute Gasteiger partial charge is 0.369 e. The SMILES string of the molecule is C1=C/c2cccc(c2)-c2cnn3ccc(nc23)NCCNCCCC/1. The minimum Gasteiger partial charge on any atom is -0.369 e. The summed E-state index contributed by atoms with van der Waals surface area (Å²) >= 11 is 0. The fourth-order valence-corrected chi connectivity index (χ4v) is 3.12. The van der Waals surface area contributed by atoms with Crippen LogP contribution < -0.4 is 10.6 Å². The van der Waals surface area contributed by atoms with E-state index in [1.165, 1.54) is 18.4 Å². The summed E-state index contributed by atoms with van der Waals surface area (Å²) in [6, 6.07) is 10.5. The molecule has 128 valence electrons. The van der Waals surface area contributed by atoms with Gasteiger partial charge in [-0.15, -0.1) is 0 Å². The summed E-state index contributed by atoms with van der Waals surface area (Å²) in [5.74, 6) is 0.886. The fraction of sp³-hybridized carbons (Fsp3) is 0.300. The first kappa shape index (κ1) is 15.8. The van der Waals surface area contributed by atoms with Gasteiger partial charge in [0.2, 0.25) is 0 Å². The van der Waals surface area contributed by atoms with E-state index in [4.69, 9.17) is 4.98 Å². The Bertz CT molecular complexity index is 881. The molecule has 3 aromatic rings. The van der Waals surface area contributed by atoms with Crippen LogP contribution in [-0.2, 0) is 0 Å².